The van der Waals surface area contributed by atoms with Crippen LogP contribution in [0.25, 0.3) is 0 Å². The summed E-state index contributed by atoms with van der Waals surface area (Å²) in [5.41, 5.74) is 0. The number of likely N-dealkylation sites (tertiary alicyclic amines) is 1. The van der Waals surface area contributed by atoms with E-state index in [1.807, 2.05) is 0 Å². The normalized spacial score (nSPS) is 17.7. The molecule has 1 N–H and O–H groups in total. The quantitative estimate of drug-likeness (QED) is 0.681. The van der Waals surface area contributed by atoms with E-state index in [0.717, 1.165) is 26.1 Å². The first-order valence-electron chi connectivity index (χ1n) is 6.32. The molecule has 0 bridgehead atoms. The van der Waals surface area contributed by atoms with Gasteiger partial charge in [0.15, 0.2) is 0 Å². The molecule has 1 aliphatic rings. The lowest BCUT2D eigenvalue weighted by Gasteiger charge is -2.25. The summed E-state index contributed by atoms with van der Waals surface area (Å²) in [7, 11) is 0. The Morgan fingerprint density at radius 3 is 2.60 bits per heavy atom. The maximum absolute atomic E-state index is 11.5. The summed E-state index contributed by atoms with van der Waals surface area (Å²) in [4.78, 5) is 13.8. The number of rotatable bonds is 6. The highest BCUT2D eigenvalue weighted by Crippen LogP contribution is 2.07. The van der Waals surface area contributed by atoms with Gasteiger partial charge in [0.25, 0.3) is 0 Å². The third-order valence-electron chi connectivity index (χ3n) is 2.92. The van der Waals surface area contributed by atoms with Crippen molar-refractivity contribution in [3.8, 4) is 0 Å². The molecule has 0 aliphatic carbocycles. The van der Waals surface area contributed by atoms with Gasteiger partial charge in [0.05, 0.1) is 6.54 Å². The minimum Gasteiger partial charge on any atom is -0.355 e. The molecule has 0 aromatic rings. The van der Waals surface area contributed by atoms with Gasteiger partial charge in [-0.05, 0) is 32.4 Å². The average molecular weight is 212 g/mol. The molecule has 0 spiro atoms. The number of hydrogen-bond donors (Lipinski definition) is 1. The largest absolute Gasteiger partial charge is 0.355 e. The summed E-state index contributed by atoms with van der Waals surface area (Å²) in [5.74, 6) is 0.202. The van der Waals surface area contributed by atoms with Gasteiger partial charge in [-0.3, -0.25) is 9.69 Å². The summed E-state index contributed by atoms with van der Waals surface area (Å²) in [6.07, 6.45) is 7.37. The SMILES string of the molecule is CCCCCNC(=O)CN1CCCCC1. The maximum atomic E-state index is 11.5. The summed E-state index contributed by atoms with van der Waals surface area (Å²) >= 11 is 0. The van der Waals surface area contributed by atoms with Crippen LogP contribution in [0.15, 0.2) is 0 Å². The second-order valence-corrected chi connectivity index (χ2v) is 4.39. The molecule has 1 saturated heterocycles. The second kappa shape index (κ2) is 7.69. The minimum atomic E-state index is 0.202. The molecule has 0 aromatic carbocycles. The molecule has 15 heavy (non-hydrogen) atoms. The minimum absolute atomic E-state index is 0.202. The monoisotopic (exact) mass is 212 g/mol. The fourth-order valence-corrected chi connectivity index (χ4v) is 1.98. The third kappa shape index (κ3) is 5.78. The predicted octanol–water partition coefficient (Wildman–Crippen LogP) is 1.78. The number of carbonyl (C=O) groups excluding carboxylic acids is 1. The first kappa shape index (κ1) is 12.5. The molecule has 3 nitrogen and oxygen atoms in total. The number of carbonyl (C=O) groups is 1. The molecule has 0 saturated carbocycles. The van der Waals surface area contributed by atoms with Crippen LogP contribution in [0.1, 0.15) is 45.4 Å². The zero-order valence-electron chi connectivity index (χ0n) is 9.93. The van der Waals surface area contributed by atoms with Crippen LogP contribution >= 0.6 is 0 Å². The van der Waals surface area contributed by atoms with E-state index in [1.54, 1.807) is 0 Å². The highest BCUT2D eigenvalue weighted by atomic mass is 16.2. The van der Waals surface area contributed by atoms with Crippen LogP contribution in [0, 0.1) is 0 Å². The lowest BCUT2D eigenvalue weighted by atomic mass is 10.1. The number of hydrogen-bond acceptors (Lipinski definition) is 2. The molecule has 1 amide bonds. The van der Waals surface area contributed by atoms with Gasteiger partial charge in [0.1, 0.15) is 0 Å². The Bertz CT molecular complexity index is 176. The van der Waals surface area contributed by atoms with Gasteiger partial charge in [0.2, 0.25) is 5.91 Å². The molecule has 1 fully saturated rings. The molecule has 0 unspecified atom stereocenters. The van der Waals surface area contributed by atoms with E-state index < -0.39 is 0 Å². The van der Waals surface area contributed by atoms with E-state index in [0.29, 0.717) is 6.54 Å². The molecule has 3 heteroatoms. The van der Waals surface area contributed by atoms with Crippen LogP contribution < -0.4 is 5.32 Å². The fourth-order valence-electron chi connectivity index (χ4n) is 1.98. The van der Waals surface area contributed by atoms with Crippen molar-refractivity contribution >= 4 is 5.91 Å². The molecule has 1 heterocycles. The summed E-state index contributed by atoms with van der Waals surface area (Å²) in [6, 6.07) is 0. The molecule has 0 radical (unpaired) electrons. The zero-order valence-corrected chi connectivity index (χ0v) is 9.93. The van der Waals surface area contributed by atoms with Crippen LogP contribution in [-0.4, -0.2) is 37.0 Å². The highest BCUT2D eigenvalue weighted by Gasteiger charge is 2.12. The lowest BCUT2D eigenvalue weighted by molar-refractivity contribution is -0.122. The molecule has 0 aromatic heterocycles. The topological polar surface area (TPSA) is 32.3 Å². The smallest absolute Gasteiger partial charge is 0.234 e. The van der Waals surface area contributed by atoms with E-state index in [9.17, 15) is 4.79 Å². The Labute approximate surface area is 93.2 Å². The van der Waals surface area contributed by atoms with Crippen molar-refractivity contribution in [3.63, 3.8) is 0 Å². The number of unbranched alkanes of at least 4 members (excludes halogenated alkanes) is 2. The zero-order chi connectivity index (χ0) is 10.9. The van der Waals surface area contributed by atoms with Crippen LogP contribution in [-0.2, 0) is 4.79 Å². The van der Waals surface area contributed by atoms with Gasteiger partial charge in [-0.1, -0.05) is 26.2 Å². The van der Waals surface area contributed by atoms with Gasteiger partial charge in [0, 0.05) is 6.54 Å². The van der Waals surface area contributed by atoms with Gasteiger partial charge >= 0.3 is 0 Å². The van der Waals surface area contributed by atoms with Crippen LogP contribution in [0.4, 0.5) is 0 Å². The number of nitrogens with zero attached hydrogens (tertiary/aromatic N) is 1. The maximum Gasteiger partial charge on any atom is 0.234 e. The predicted molar refractivity (Wildman–Crippen MR) is 62.8 cm³/mol. The Hall–Kier alpha value is -0.570. The van der Waals surface area contributed by atoms with Gasteiger partial charge in [-0.15, -0.1) is 0 Å². The van der Waals surface area contributed by atoms with E-state index in [4.69, 9.17) is 0 Å². The van der Waals surface area contributed by atoms with Crippen molar-refractivity contribution in [3.05, 3.63) is 0 Å². The molecule has 1 rings (SSSR count). The van der Waals surface area contributed by atoms with Crippen molar-refractivity contribution in [1.29, 1.82) is 0 Å². The van der Waals surface area contributed by atoms with Crippen molar-refractivity contribution in [1.82, 2.24) is 10.2 Å². The van der Waals surface area contributed by atoms with Crippen molar-refractivity contribution in [2.24, 2.45) is 0 Å². The van der Waals surface area contributed by atoms with Crippen molar-refractivity contribution in [2.75, 3.05) is 26.2 Å². The van der Waals surface area contributed by atoms with E-state index >= 15 is 0 Å². The van der Waals surface area contributed by atoms with E-state index in [1.165, 1.54) is 32.1 Å². The van der Waals surface area contributed by atoms with Crippen LogP contribution in [0.2, 0.25) is 0 Å². The van der Waals surface area contributed by atoms with Crippen molar-refractivity contribution in [2.45, 2.75) is 45.4 Å². The summed E-state index contributed by atoms with van der Waals surface area (Å²) in [6.45, 7) is 5.83. The molecular formula is C12H24N2O. The van der Waals surface area contributed by atoms with Crippen LogP contribution in [0.5, 0.6) is 0 Å². The Morgan fingerprint density at radius 1 is 1.20 bits per heavy atom. The number of amides is 1. The van der Waals surface area contributed by atoms with Crippen molar-refractivity contribution < 1.29 is 4.79 Å². The average Bonchev–Trinajstić information content (AvgIpc) is 2.26. The van der Waals surface area contributed by atoms with E-state index in [2.05, 4.69) is 17.1 Å². The van der Waals surface area contributed by atoms with Gasteiger partial charge < -0.3 is 5.32 Å². The standard InChI is InChI=1S/C12H24N2O/c1-2-3-5-8-13-12(15)11-14-9-6-4-7-10-14/h2-11H2,1H3,(H,13,15). The third-order valence-corrected chi connectivity index (χ3v) is 2.92. The first-order chi connectivity index (χ1) is 7.33. The van der Waals surface area contributed by atoms with Gasteiger partial charge in [-0.2, -0.15) is 0 Å². The van der Waals surface area contributed by atoms with E-state index in [-0.39, 0.29) is 5.91 Å². The first-order valence-corrected chi connectivity index (χ1v) is 6.32. The molecule has 88 valence electrons. The Kier molecular flexibility index (Phi) is 6.41. The molecule has 0 atom stereocenters. The number of piperidine rings is 1. The van der Waals surface area contributed by atoms with Gasteiger partial charge in [-0.25, -0.2) is 0 Å². The Morgan fingerprint density at radius 2 is 1.93 bits per heavy atom. The lowest BCUT2D eigenvalue weighted by Crippen LogP contribution is -2.40. The fraction of sp³-hybridized carbons (Fsp3) is 0.917. The second-order valence-electron chi connectivity index (χ2n) is 4.39. The van der Waals surface area contributed by atoms with Crippen LogP contribution in [0.3, 0.4) is 0 Å². The molecular weight excluding hydrogens is 188 g/mol. The Balaban J connectivity index is 2.01. The summed E-state index contributed by atoms with van der Waals surface area (Å²) < 4.78 is 0. The number of nitrogens with one attached hydrogen (secondary N) is 1. The molecule has 1 aliphatic heterocycles. The highest BCUT2D eigenvalue weighted by molar-refractivity contribution is 5.77. The summed E-state index contributed by atoms with van der Waals surface area (Å²) in [5, 5.41) is 2.98.